The Morgan fingerprint density at radius 3 is 2.86 bits per heavy atom. The van der Waals surface area contributed by atoms with Crippen molar-refractivity contribution in [3.63, 3.8) is 0 Å². The molecule has 0 radical (unpaired) electrons. The van der Waals surface area contributed by atoms with E-state index in [1.165, 1.54) is 17.9 Å². The number of rotatable bonds is 4. The summed E-state index contributed by atoms with van der Waals surface area (Å²) in [4.78, 5) is 28.0. The summed E-state index contributed by atoms with van der Waals surface area (Å²) in [6.45, 7) is 3.97. The molecule has 0 spiro atoms. The molecule has 2 aliphatic carbocycles. The molecule has 1 amide bonds. The van der Waals surface area contributed by atoms with Gasteiger partial charge in [0.25, 0.3) is 5.91 Å². The lowest BCUT2D eigenvalue weighted by Gasteiger charge is -2.58. The highest BCUT2D eigenvalue weighted by molar-refractivity contribution is 6.12. The van der Waals surface area contributed by atoms with Crippen molar-refractivity contribution in [1.29, 1.82) is 0 Å². The minimum atomic E-state index is -0.502. The number of carbonyl (C=O) groups excluding carboxylic acids is 2. The molecule has 1 aromatic heterocycles. The van der Waals surface area contributed by atoms with Gasteiger partial charge in [-0.1, -0.05) is 0 Å². The van der Waals surface area contributed by atoms with Gasteiger partial charge in [-0.3, -0.25) is 9.59 Å². The predicted octanol–water partition coefficient (Wildman–Crippen LogP) is 2.47. The van der Waals surface area contributed by atoms with Gasteiger partial charge in [-0.25, -0.2) is 5.01 Å². The molecule has 4 rings (SSSR count). The summed E-state index contributed by atoms with van der Waals surface area (Å²) in [7, 11) is 0. The molecule has 22 heavy (non-hydrogen) atoms. The summed E-state index contributed by atoms with van der Waals surface area (Å²) in [6, 6.07) is 3.51. The zero-order valence-electron chi connectivity index (χ0n) is 13.0. The molecule has 2 fully saturated rings. The first-order valence-corrected chi connectivity index (χ1v) is 8.06. The van der Waals surface area contributed by atoms with Crippen LogP contribution in [-0.4, -0.2) is 33.9 Å². The summed E-state index contributed by atoms with van der Waals surface area (Å²) in [5.74, 6) is 1.83. The van der Waals surface area contributed by atoms with Gasteiger partial charge in [0.1, 0.15) is 6.54 Å². The molecule has 4 atom stereocenters. The van der Waals surface area contributed by atoms with E-state index in [-0.39, 0.29) is 18.2 Å². The van der Waals surface area contributed by atoms with Gasteiger partial charge in [-0.15, -0.1) is 0 Å². The highest BCUT2D eigenvalue weighted by Gasteiger charge is 2.61. The van der Waals surface area contributed by atoms with Crippen LogP contribution in [0.4, 0.5) is 0 Å². The molecule has 2 heterocycles. The third-order valence-corrected chi connectivity index (χ3v) is 6.18. The highest BCUT2D eigenvalue weighted by atomic mass is 16.2. The molecule has 1 N–H and O–H groups in total. The first-order chi connectivity index (χ1) is 10.5. The van der Waals surface area contributed by atoms with Crippen LogP contribution in [0.1, 0.15) is 43.6 Å². The Hall–Kier alpha value is -1.91. The fourth-order valence-electron chi connectivity index (χ4n) is 4.40. The molecule has 3 aliphatic rings. The lowest BCUT2D eigenvalue weighted by atomic mass is 9.46. The molecule has 0 saturated heterocycles. The summed E-state index contributed by atoms with van der Waals surface area (Å²) in [5.41, 5.74) is 0.890. The van der Waals surface area contributed by atoms with Crippen molar-refractivity contribution < 1.29 is 9.59 Å². The number of hydrogen-bond acceptors (Lipinski definition) is 3. The largest absolute Gasteiger partial charge is 0.359 e. The molecular formula is C17H21N3O2. The van der Waals surface area contributed by atoms with E-state index in [0.717, 1.165) is 18.1 Å². The van der Waals surface area contributed by atoms with Crippen LogP contribution in [0.5, 0.6) is 0 Å². The number of hydrazone groups is 1. The third-order valence-electron chi connectivity index (χ3n) is 6.18. The number of aromatic amines is 1. The van der Waals surface area contributed by atoms with Crippen molar-refractivity contribution in [2.75, 3.05) is 6.54 Å². The molecule has 1 aromatic rings. The fourth-order valence-corrected chi connectivity index (χ4v) is 4.40. The SMILES string of the molecule is CC1=NN(CC(=O)c2ccc[nH]2)C(=O)C1(C)[C@@H]1CC2CC[C@H]21. The molecular weight excluding hydrogens is 278 g/mol. The Morgan fingerprint density at radius 2 is 2.32 bits per heavy atom. The summed E-state index contributed by atoms with van der Waals surface area (Å²) < 4.78 is 0. The molecule has 2 saturated carbocycles. The molecule has 5 nitrogen and oxygen atoms in total. The van der Waals surface area contributed by atoms with Gasteiger partial charge >= 0.3 is 0 Å². The Balaban J connectivity index is 1.52. The van der Waals surface area contributed by atoms with Gasteiger partial charge in [0.05, 0.1) is 16.8 Å². The summed E-state index contributed by atoms with van der Waals surface area (Å²) in [5, 5.41) is 5.80. The number of nitrogens with one attached hydrogen (secondary N) is 1. The Labute approximate surface area is 129 Å². The second-order valence-corrected chi connectivity index (χ2v) is 7.10. The fraction of sp³-hybridized carbons (Fsp3) is 0.588. The van der Waals surface area contributed by atoms with Gasteiger partial charge in [0.15, 0.2) is 0 Å². The Bertz CT molecular complexity index is 663. The van der Waals surface area contributed by atoms with Crippen LogP contribution in [0.2, 0.25) is 0 Å². The van der Waals surface area contributed by atoms with Gasteiger partial charge in [-0.05, 0) is 63.0 Å². The maximum absolute atomic E-state index is 12.9. The average Bonchev–Trinajstić information content (AvgIpc) is 3.07. The number of Topliss-reactive ketones (excluding diaryl/α,β-unsaturated/α-hetero) is 1. The van der Waals surface area contributed by atoms with Crippen LogP contribution in [0, 0.1) is 23.2 Å². The van der Waals surface area contributed by atoms with Crippen LogP contribution in [-0.2, 0) is 4.79 Å². The van der Waals surface area contributed by atoms with E-state index in [9.17, 15) is 9.59 Å². The van der Waals surface area contributed by atoms with Crippen LogP contribution >= 0.6 is 0 Å². The van der Waals surface area contributed by atoms with Crippen molar-refractivity contribution in [2.24, 2.45) is 28.3 Å². The second-order valence-electron chi connectivity index (χ2n) is 7.10. The van der Waals surface area contributed by atoms with Gasteiger partial charge in [0, 0.05) is 6.20 Å². The third kappa shape index (κ3) is 1.68. The van der Waals surface area contributed by atoms with Crippen LogP contribution in [0.3, 0.4) is 0 Å². The topological polar surface area (TPSA) is 65.5 Å². The van der Waals surface area contributed by atoms with Crippen LogP contribution in [0.15, 0.2) is 23.4 Å². The Morgan fingerprint density at radius 1 is 1.50 bits per heavy atom. The lowest BCUT2D eigenvalue weighted by molar-refractivity contribution is -0.147. The maximum atomic E-state index is 12.9. The number of hydrogen-bond donors (Lipinski definition) is 1. The summed E-state index contributed by atoms with van der Waals surface area (Å²) >= 11 is 0. The molecule has 1 aliphatic heterocycles. The van der Waals surface area contributed by atoms with Crippen molar-refractivity contribution in [1.82, 2.24) is 9.99 Å². The van der Waals surface area contributed by atoms with Crippen LogP contribution < -0.4 is 0 Å². The van der Waals surface area contributed by atoms with Crippen molar-refractivity contribution in [3.05, 3.63) is 24.0 Å². The van der Waals surface area contributed by atoms with Gasteiger partial charge < -0.3 is 4.98 Å². The number of carbonyl (C=O) groups is 2. The molecule has 5 heteroatoms. The zero-order chi connectivity index (χ0) is 15.5. The molecule has 2 unspecified atom stereocenters. The number of nitrogens with zero attached hydrogens (tertiary/aromatic N) is 2. The number of aromatic nitrogens is 1. The normalized spacial score (nSPS) is 36.5. The van der Waals surface area contributed by atoms with Gasteiger partial charge in [0.2, 0.25) is 5.78 Å². The predicted molar refractivity (Wildman–Crippen MR) is 82.4 cm³/mol. The maximum Gasteiger partial charge on any atom is 0.255 e. The van der Waals surface area contributed by atoms with E-state index in [1.807, 2.05) is 13.8 Å². The van der Waals surface area contributed by atoms with E-state index in [4.69, 9.17) is 0 Å². The smallest absolute Gasteiger partial charge is 0.255 e. The van der Waals surface area contributed by atoms with Crippen molar-refractivity contribution in [2.45, 2.75) is 33.1 Å². The number of fused-ring (bicyclic) bond motifs is 1. The van der Waals surface area contributed by atoms with E-state index >= 15 is 0 Å². The lowest BCUT2D eigenvalue weighted by Crippen LogP contribution is -2.56. The van der Waals surface area contributed by atoms with Gasteiger partial charge in [-0.2, -0.15) is 5.10 Å². The van der Waals surface area contributed by atoms with E-state index in [1.54, 1.807) is 18.3 Å². The monoisotopic (exact) mass is 299 g/mol. The van der Waals surface area contributed by atoms with Crippen molar-refractivity contribution in [3.8, 4) is 0 Å². The highest BCUT2D eigenvalue weighted by Crippen LogP contribution is 2.61. The minimum absolute atomic E-state index is 0.000237. The molecule has 0 bridgehead atoms. The van der Waals surface area contributed by atoms with E-state index in [0.29, 0.717) is 17.5 Å². The zero-order valence-corrected chi connectivity index (χ0v) is 13.0. The Kier molecular flexibility index (Phi) is 2.83. The second kappa shape index (κ2) is 4.54. The van der Waals surface area contributed by atoms with E-state index in [2.05, 4.69) is 10.1 Å². The van der Waals surface area contributed by atoms with E-state index < -0.39 is 5.41 Å². The minimum Gasteiger partial charge on any atom is -0.359 e. The average molecular weight is 299 g/mol. The first-order valence-electron chi connectivity index (χ1n) is 8.06. The summed E-state index contributed by atoms with van der Waals surface area (Å²) in [6.07, 6.45) is 5.41. The first kappa shape index (κ1) is 13.7. The number of H-pyrrole nitrogens is 1. The molecule has 116 valence electrons. The number of ketones is 1. The quantitative estimate of drug-likeness (QED) is 0.868. The molecule has 0 aromatic carbocycles. The van der Waals surface area contributed by atoms with Crippen molar-refractivity contribution >= 4 is 17.4 Å². The number of amides is 1. The standard InChI is InChI=1S/C17H21N3O2/c1-10-17(2,13-8-11-5-6-12(11)13)16(22)20(19-10)9-15(21)14-4-3-7-18-14/h3-4,7,11-13,18H,5-6,8-9H2,1-2H3/t11?,12-,13-,17?/m1/s1. The van der Waals surface area contributed by atoms with Crippen LogP contribution in [0.25, 0.3) is 0 Å².